The van der Waals surface area contributed by atoms with E-state index < -0.39 is 0 Å². The van der Waals surface area contributed by atoms with Crippen LogP contribution in [0.4, 0.5) is 5.69 Å². The van der Waals surface area contributed by atoms with Crippen molar-refractivity contribution in [2.45, 2.75) is 34.2 Å². The quantitative estimate of drug-likeness (QED) is 0.867. The van der Waals surface area contributed by atoms with Crippen molar-refractivity contribution < 1.29 is 4.74 Å². The maximum Gasteiger partial charge on any atom is 0.182 e. The number of nitrogens with two attached hydrogens (primary N) is 1. The van der Waals surface area contributed by atoms with E-state index in [0.717, 1.165) is 17.9 Å². The van der Waals surface area contributed by atoms with Crippen LogP contribution in [0.1, 0.15) is 27.7 Å². The maximum absolute atomic E-state index is 5.99. The van der Waals surface area contributed by atoms with Gasteiger partial charge >= 0.3 is 0 Å². The zero-order chi connectivity index (χ0) is 14.8. The van der Waals surface area contributed by atoms with E-state index in [2.05, 4.69) is 36.3 Å². The Bertz CT molecular complexity index is 585. The van der Waals surface area contributed by atoms with Gasteiger partial charge in [0.05, 0.1) is 12.3 Å². The molecule has 0 unspecified atom stereocenters. The first-order valence-electron chi connectivity index (χ1n) is 6.69. The van der Waals surface area contributed by atoms with Crippen LogP contribution in [0.3, 0.4) is 0 Å². The fraction of sp³-hybridized carbons (Fsp3) is 0.500. The third kappa shape index (κ3) is 3.26. The van der Waals surface area contributed by atoms with Gasteiger partial charge in [-0.25, -0.2) is 4.68 Å². The number of tetrazole rings is 1. The number of benzene rings is 1. The van der Waals surface area contributed by atoms with Crippen LogP contribution in [0.25, 0.3) is 11.4 Å². The Morgan fingerprint density at radius 3 is 2.65 bits per heavy atom. The number of rotatable bonds is 4. The van der Waals surface area contributed by atoms with Gasteiger partial charge in [0.25, 0.3) is 0 Å². The van der Waals surface area contributed by atoms with Crippen LogP contribution in [0.15, 0.2) is 18.2 Å². The summed E-state index contributed by atoms with van der Waals surface area (Å²) in [7, 11) is 0. The van der Waals surface area contributed by atoms with Crippen molar-refractivity contribution in [3.8, 4) is 17.1 Å². The third-order valence-electron chi connectivity index (χ3n) is 2.72. The minimum atomic E-state index is 0.0982. The molecular formula is C14H21N5O. The van der Waals surface area contributed by atoms with Crippen LogP contribution in [0.2, 0.25) is 0 Å². The Morgan fingerprint density at radius 1 is 1.30 bits per heavy atom. The highest BCUT2D eigenvalue weighted by Crippen LogP contribution is 2.28. The lowest BCUT2D eigenvalue weighted by Gasteiger charge is -2.18. The Morgan fingerprint density at radius 2 is 2.05 bits per heavy atom. The molecule has 2 N–H and O–H groups in total. The molecule has 6 nitrogen and oxygen atoms in total. The minimum absolute atomic E-state index is 0.0982. The van der Waals surface area contributed by atoms with Crippen LogP contribution < -0.4 is 10.5 Å². The van der Waals surface area contributed by atoms with E-state index in [9.17, 15) is 0 Å². The zero-order valence-electron chi connectivity index (χ0n) is 12.4. The Kier molecular flexibility index (Phi) is 3.92. The van der Waals surface area contributed by atoms with E-state index in [-0.39, 0.29) is 5.41 Å². The second kappa shape index (κ2) is 5.48. The minimum Gasteiger partial charge on any atom is -0.492 e. The van der Waals surface area contributed by atoms with Gasteiger partial charge in [0.15, 0.2) is 5.82 Å². The van der Waals surface area contributed by atoms with Crippen molar-refractivity contribution in [3.63, 3.8) is 0 Å². The third-order valence-corrected chi connectivity index (χ3v) is 2.72. The molecule has 20 heavy (non-hydrogen) atoms. The molecule has 0 spiro atoms. The molecular weight excluding hydrogens is 254 g/mol. The molecule has 0 atom stereocenters. The van der Waals surface area contributed by atoms with Gasteiger partial charge in [-0.05, 0) is 41.0 Å². The van der Waals surface area contributed by atoms with E-state index in [1.54, 1.807) is 4.68 Å². The molecule has 2 rings (SSSR count). The molecule has 6 heteroatoms. The van der Waals surface area contributed by atoms with Crippen molar-refractivity contribution in [2.24, 2.45) is 5.41 Å². The second-order valence-electron chi connectivity index (χ2n) is 5.91. The highest BCUT2D eigenvalue weighted by Gasteiger charge is 2.17. The maximum atomic E-state index is 5.99. The SMILES string of the molecule is CCOc1ccc(-c2nnnn2CC(C)(C)C)cc1N. The first kappa shape index (κ1) is 14.3. The fourth-order valence-corrected chi connectivity index (χ4v) is 1.94. The number of anilines is 1. The van der Waals surface area contributed by atoms with Crippen molar-refractivity contribution in [1.82, 2.24) is 20.2 Å². The first-order valence-corrected chi connectivity index (χ1v) is 6.69. The topological polar surface area (TPSA) is 78.9 Å². The molecule has 1 aromatic carbocycles. The van der Waals surface area contributed by atoms with Crippen molar-refractivity contribution in [3.05, 3.63) is 18.2 Å². The Balaban J connectivity index is 2.33. The normalized spacial score (nSPS) is 11.6. The summed E-state index contributed by atoms with van der Waals surface area (Å²) >= 11 is 0. The summed E-state index contributed by atoms with van der Waals surface area (Å²) in [6.45, 7) is 9.69. The largest absolute Gasteiger partial charge is 0.492 e. The van der Waals surface area contributed by atoms with Crippen LogP contribution in [0, 0.1) is 5.41 Å². The molecule has 0 fully saturated rings. The van der Waals surface area contributed by atoms with E-state index >= 15 is 0 Å². The Hall–Kier alpha value is -2.11. The number of nitrogens with zero attached hydrogens (tertiary/aromatic N) is 4. The molecule has 0 amide bonds. The summed E-state index contributed by atoms with van der Waals surface area (Å²) in [5, 5.41) is 11.9. The van der Waals surface area contributed by atoms with Crippen LogP contribution in [-0.4, -0.2) is 26.8 Å². The van der Waals surface area contributed by atoms with Crippen molar-refractivity contribution in [1.29, 1.82) is 0 Å². The lowest BCUT2D eigenvalue weighted by Crippen LogP contribution is -2.17. The van der Waals surface area contributed by atoms with Gasteiger partial charge in [-0.3, -0.25) is 0 Å². The summed E-state index contributed by atoms with van der Waals surface area (Å²) < 4.78 is 7.24. The van der Waals surface area contributed by atoms with Gasteiger partial charge in [0.2, 0.25) is 0 Å². The molecule has 1 heterocycles. The summed E-state index contributed by atoms with van der Waals surface area (Å²) in [6.07, 6.45) is 0. The lowest BCUT2D eigenvalue weighted by molar-refractivity contribution is 0.323. The molecule has 0 aliphatic rings. The monoisotopic (exact) mass is 275 g/mol. The summed E-state index contributed by atoms with van der Waals surface area (Å²) in [5.41, 5.74) is 7.57. The predicted octanol–water partition coefficient (Wildman–Crippen LogP) is 2.37. The number of hydrogen-bond donors (Lipinski definition) is 1. The van der Waals surface area contributed by atoms with E-state index in [0.29, 0.717) is 18.0 Å². The van der Waals surface area contributed by atoms with Gasteiger partial charge in [-0.15, -0.1) is 5.10 Å². The number of ether oxygens (including phenoxy) is 1. The highest BCUT2D eigenvalue weighted by atomic mass is 16.5. The summed E-state index contributed by atoms with van der Waals surface area (Å²) in [6, 6.07) is 5.62. The molecule has 108 valence electrons. The van der Waals surface area contributed by atoms with Crippen LogP contribution in [-0.2, 0) is 6.54 Å². The van der Waals surface area contributed by atoms with Crippen molar-refractivity contribution >= 4 is 5.69 Å². The highest BCUT2D eigenvalue weighted by molar-refractivity contribution is 5.66. The molecule has 0 saturated heterocycles. The summed E-state index contributed by atoms with van der Waals surface area (Å²) in [5.74, 6) is 1.40. The van der Waals surface area contributed by atoms with Crippen molar-refractivity contribution in [2.75, 3.05) is 12.3 Å². The van der Waals surface area contributed by atoms with Gasteiger partial charge in [0, 0.05) is 12.1 Å². The van der Waals surface area contributed by atoms with Gasteiger partial charge in [-0.1, -0.05) is 20.8 Å². The first-order chi connectivity index (χ1) is 9.40. The van der Waals surface area contributed by atoms with Gasteiger partial charge in [-0.2, -0.15) is 0 Å². The summed E-state index contributed by atoms with van der Waals surface area (Å²) in [4.78, 5) is 0. The molecule has 0 saturated carbocycles. The predicted molar refractivity (Wildman–Crippen MR) is 78.3 cm³/mol. The molecule has 0 bridgehead atoms. The number of hydrogen-bond acceptors (Lipinski definition) is 5. The zero-order valence-corrected chi connectivity index (χ0v) is 12.4. The molecule has 0 aliphatic carbocycles. The van der Waals surface area contributed by atoms with E-state index in [1.807, 2.05) is 25.1 Å². The standard InChI is InChI=1S/C14H21N5O/c1-5-20-12-7-6-10(8-11(12)15)13-16-17-18-19(13)9-14(2,3)4/h6-8H,5,9,15H2,1-4H3. The fourth-order valence-electron chi connectivity index (χ4n) is 1.94. The van der Waals surface area contributed by atoms with Gasteiger partial charge in [0.1, 0.15) is 5.75 Å². The van der Waals surface area contributed by atoms with E-state index in [1.165, 1.54) is 0 Å². The molecule has 1 aromatic heterocycles. The number of nitrogen functional groups attached to an aromatic ring is 1. The molecule has 0 radical (unpaired) electrons. The van der Waals surface area contributed by atoms with Crippen LogP contribution >= 0.6 is 0 Å². The Labute approximate surface area is 118 Å². The van der Waals surface area contributed by atoms with Crippen LogP contribution in [0.5, 0.6) is 5.75 Å². The average Bonchev–Trinajstić information content (AvgIpc) is 2.77. The number of aromatic nitrogens is 4. The lowest BCUT2D eigenvalue weighted by atomic mass is 9.97. The molecule has 0 aliphatic heterocycles. The second-order valence-corrected chi connectivity index (χ2v) is 5.91. The molecule has 2 aromatic rings. The smallest absolute Gasteiger partial charge is 0.182 e. The van der Waals surface area contributed by atoms with E-state index in [4.69, 9.17) is 10.5 Å². The van der Waals surface area contributed by atoms with Gasteiger partial charge < -0.3 is 10.5 Å². The average molecular weight is 275 g/mol.